The van der Waals surface area contributed by atoms with Crippen LogP contribution in [0.15, 0.2) is 12.5 Å². The molecule has 13 heteroatoms. The predicted molar refractivity (Wildman–Crippen MR) is 114 cm³/mol. The average molecular weight is 456 g/mol. The Morgan fingerprint density at radius 1 is 1.06 bits per heavy atom. The SMILES string of the molecule is CC(NC(=O)C(N)C(C)O)C(=O)NC(Cc1cnc[nH]1)C(=O)NC(CCCCN)C(=O)O. The van der Waals surface area contributed by atoms with Gasteiger partial charge in [0, 0.05) is 18.3 Å². The molecule has 1 aromatic rings. The van der Waals surface area contributed by atoms with E-state index < -0.39 is 54.0 Å². The first kappa shape index (κ1) is 27.0. The highest BCUT2D eigenvalue weighted by Crippen LogP contribution is 2.05. The Labute approximate surface area is 185 Å². The van der Waals surface area contributed by atoms with Crippen LogP contribution in [0.1, 0.15) is 38.8 Å². The van der Waals surface area contributed by atoms with Gasteiger partial charge in [0.1, 0.15) is 24.2 Å². The smallest absolute Gasteiger partial charge is 0.326 e. The van der Waals surface area contributed by atoms with E-state index in [0.717, 1.165) is 0 Å². The number of hydrogen-bond acceptors (Lipinski definition) is 8. The van der Waals surface area contributed by atoms with Crippen molar-refractivity contribution >= 4 is 23.7 Å². The van der Waals surface area contributed by atoms with Gasteiger partial charge >= 0.3 is 5.97 Å². The summed E-state index contributed by atoms with van der Waals surface area (Å²) in [5.74, 6) is -3.32. The van der Waals surface area contributed by atoms with Gasteiger partial charge in [-0.05, 0) is 39.7 Å². The first-order chi connectivity index (χ1) is 15.1. The van der Waals surface area contributed by atoms with Crippen molar-refractivity contribution in [2.45, 2.75) is 69.8 Å². The van der Waals surface area contributed by atoms with Gasteiger partial charge in [-0.15, -0.1) is 0 Å². The average Bonchev–Trinajstić information content (AvgIpc) is 3.24. The van der Waals surface area contributed by atoms with Crippen LogP contribution < -0.4 is 27.4 Å². The van der Waals surface area contributed by atoms with Crippen LogP contribution in [0.4, 0.5) is 0 Å². The monoisotopic (exact) mass is 455 g/mol. The molecule has 0 bridgehead atoms. The number of aromatic amines is 1. The molecule has 0 radical (unpaired) electrons. The lowest BCUT2D eigenvalue weighted by Crippen LogP contribution is -2.57. The number of hydrogen-bond donors (Lipinski definition) is 8. The summed E-state index contributed by atoms with van der Waals surface area (Å²) in [6.45, 7) is 3.13. The van der Waals surface area contributed by atoms with Crippen LogP contribution in [0, 0.1) is 0 Å². The largest absolute Gasteiger partial charge is 0.480 e. The number of unbranched alkanes of at least 4 members (excludes halogenated alkanes) is 1. The number of aromatic nitrogens is 2. The molecule has 0 fully saturated rings. The maximum Gasteiger partial charge on any atom is 0.326 e. The van der Waals surface area contributed by atoms with Crippen LogP contribution in [-0.2, 0) is 25.6 Å². The highest BCUT2D eigenvalue weighted by molar-refractivity contribution is 5.94. The quantitative estimate of drug-likeness (QED) is 0.137. The summed E-state index contributed by atoms with van der Waals surface area (Å²) in [5, 5.41) is 26.1. The van der Waals surface area contributed by atoms with E-state index in [2.05, 4.69) is 25.9 Å². The van der Waals surface area contributed by atoms with Crippen molar-refractivity contribution in [2.75, 3.05) is 6.54 Å². The molecule has 0 saturated carbocycles. The molecule has 1 rings (SSSR count). The molecule has 0 saturated heterocycles. The number of carbonyl (C=O) groups excluding carboxylic acids is 3. The molecule has 0 aliphatic carbocycles. The zero-order valence-corrected chi connectivity index (χ0v) is 18.2. The van der Waals surface area contributed by atoms with Crippen molar-refractivity contribution in [3.63, 3.8) is 0 Å². The van der Waals surface area contributed by atoms with Crippen LogP contribution in [0.5, 0.6) is 0 Å². The molecule has 0 spiro atoms. The van der Waals surface area contributed by atoms with E-state index in [4.69, 9.17) is 11.5 Å². The van der Waals surface area contributed by atoms with Crippen molar-refractivity contribution < 1.29 is 29.4 Å². The van der Waals surface area contributed by atoms with Gasteiger partial charge in [-0.2, -0.15) is 0 Å². The van der Waals surface area contributed by atoms with E-state index in [1.165, 1.54) is 26.4 Å². The Hall–Kier alpha value is -3.03. The highest BCUT2D eigenvalue weighted by Gasteiger charge is 2.29. The Morgan fingerprint density at radius 2 is 1.72 bits per heavy atom. The third kappa shape index (κ3) is 8.99. The number of aliphatic carboxylic acids is 1. The lowest BCUT2D eigenvalue weighted by Gasteiger charge is -2.24. The second kappa shape index (κ2) is 13.4. The van der Waals surface area contributed by atoms with Gasteiger partial charge < -0.3 is 42.6 Å². The topological polar surface area (TPSA) is 226 Å². The zero-order chi connectivity index (χ0) is 24.3. The van der Waals surface area contributed by atoms with Gasteiger partial charge in [0.2, 0.25) is 17.7 Å². The van der Waals surface area contributed by atoms with E-state index in [0.29, 0.717) is 25.1 Å². The fourth-order valence-electron chi connectivity index (χ4n) is 2.74. The Kier molecular flexibility index (Phi) is 11.3. The third-order valence-corrected chi connectivity index (χ3v) is 4.75. The van der Waals surface area contributed by atoms with Crippen molar-refractivity contribution in [3.05, 3.63) is 18.2 Å². The number of nitrogens with zero attached hydrogens (tertiary/aromatic N) is 1. The number of carboxylic acids is 1. The molecule has 5 unspecified atom stereocenters. The van der Waals surface area contributed by atoms with Gasteiger partial charge in [-0.3, -0.25) is 14.4 Å². The minimum absolute atomic E-state index is 0.0145. The molecule has 13 nitrogen and oxygen atoms in total. The Balaban J connectivity index is 2.86. The molecular formula is C19H33N7O6. The van der Waals surface area contributed by atoms with Crippen LogP contribution in [0.3, 0.4) is 0 Å². The molecule has 32 heavy (non-hydrogen) atoms. The molecule has 5 atom stereocenters. The Bertz CT molecular complexity index is 755. The number of nitrogens with one attached hydrogen (secondary N) is 4. The summed E-state index contributed by atoms with van der Waals surface area (Å²) in [4.78, 5) is 55.6. The van der Waals surface area contributed by atoms with Crippen molar-refractivity contribution in [2.24, 2.45) is 11.5 Å². The molecule has 0 aliphatic rings. The summed E-state index contributed by atoms with van der Waals surface area (Å²) in [6, 6.07) is -4.57. The molecule has 1 heterocycles. The number of aliphatic hydroxyl groups is 1. The van der Waals surface area contributed by atoms with Crippen molar-refractivity contribution in [1.29, 1.82) is 0 Å². The minimum atomic E-state index is -1.22. The van der Waals surface area contributed by atoms with E-state index in [9.17, 15) is 29.4 Å². The number of aliphatic hydroxyl groups excluding tert-OH is 1. The van der Waals surface area contributed by atoms with Gasteiger partial charge in [-0.1, -0.05) is 0 Å². The second-order valence-corrected chi connectivity index (χ2v) is 7.52. The van der Waals surface area contributed by atoms with Crippen molar-refractivity contribution in [3.8, 4) is 0 Å². The number of H-pyrrole nitrogens is 1. The maximum atomic E-state index is 12.8. The Morgan fingerprint density at radius 3 is 2.25 bits per heavy atom. The number of amides is 3. The van der Waals surface area contributed by atoms with E-state index in [1.807, 2.05) is 0 Å². The second-order valence-electron chi connectivity index (χ2n) is 7.52. The predicted octanol–water partition coefficient (Wildman–Crippen LogP) is -2.65. The maximum absolute atomic E-state index is 12.8. The summed E-state index contributed by atoms with van der Waals surface area (Å²) in [7, 11) is 0. The first-order valence-corrected chi connectivity index (χ1v) is 10.3. The van der Waals surface area contributed by atoms with E-state index in [1.54, 1.807) is 0 Å². The highest BCUT2D eigenvalue weighted by atomic mass is 16.4. The van der Waals surface area contributed by atoms with Crippen LogP contribution in [0.2, 0.25) is 0 Å². The summed E-state index contributed by atoms with van der Waals surface area (Å²) in [6.07, 6.45) is 3.08. The lowest BCUT2D eigenvalue weighted by molar-refractivity contribution is -0.142. The molecule has 3 amide bonds. The minimum Gasteiger partial charge on any atom is -0.480 e. The molecule has 180 valence electrons. The summed E-state index contributed by atoms with van der Waals surface area (Å²) < 4.78 is 0. The first-order valence-electron chi connectivity index (χ1n) is 10.3. The summed E-state index contributed by atoms with van der Waals surface area (Å²) >= 11 is 0. The molecule has 0 aliphatic heterocycles. The molecule has 1 aromatic heterocycles. The van der Waals surface area contributed by atoms with Crippen LogP contribution in [-0.4, -0.2) is 80.7 Å². The number of rotatable bonds is 14. The van der Waals surface area contributed by atoms with E-state index in [-0.39, 0.29) is 12.8 Å². The van der Waals surface area contributed by atoms with Crippen LogP contribution >= 0.6 is 0 Å². The summed E-state index contributed by atoms with van der Waals surface area (Å²) in [5.41, 5.74) is 11.5. The van der Waals surface area contributed by atoms with Gasteiger partial charge in [0.05, 0.1) is 12.4 Å². The molecule has 0 aromatic carbocycles. The van der Waals surface area contributed by atoms with Gasteiger partial charge in [-0.25, -0.2) is 9.78 Å². The fraction of sp³-hybridized carbons (Fsp3) is 0.632. The van der Waals surface area contributed by atoms with Gasteiger partial charge in [0.15, 0.2) is 0 Å². The van der Waals surface area contributed by atoms with Crippen molar-refractivity contribution in [1.82, 2.24) is 25.9 Å². The molecule has 10 N–H and O–H groups in total. The number of carboxylic acid groups (broad SMARTS) is 1. The van der Waals surface area contributed by atoms with Crippen LogP contribution in [0.25, 0.3) is 0 Å². The lowest BCUT2D eigenvalue weighted by atomic mass is 10.1. The van der Waals surface area contributed by atoms with Gasteiger partial charge in [0.25, 0.3) is 0 Å². The number of nitrogens with two attached hydrogens (primary N) is 2. The normalized spacial score (nSPS) is 15.7. The number of imidazole rings is 1. The zero-order valence-electron chi connectivity index (χ0n) is 18.2. The van der Waals surface area contributed by atoms with E-state index >= 15 is 0 Å². The fourth-order valence-corrected chi connectivity index (χ4v) is 2.74. The third-order valence-electron chi connectivity index (χ3n) is 4.75. The standard InChI is InChI=1S/C19H33N7O6/c1-10(24-18(30)15(21)11(2)27)16(28)26-14(7-12-8-22-9-23-12)17(29)25-13(19(31)32)5-3-4-6-20/h8-11,13-15,27H,3-7,20-21H2,1-2H3,(H,22,23)(H,24,30)(H,25,29)(H,26,28)(H,31,32). The molecular weight excluding hydrogens is 422 g/mol. The number of carbonyl (C=O) groups is 4.